The number of primary amides is 1. The van der Waals surface area contributed by atoms with Gasteiger partial charge in [-0.05, 0) is 51.4 Å². The highest BCUT2D eigenvalue weighted by molar-refractivity contribution is 5.72. The van der Waals surface area contributed by atoms with E-state index in [2.05, 4.69) is 16.0 Å². The number of carbonyl (C=O) groups is 1. The Morgan fingerprint density at radius 1 is 0.581 bits per heavy atom. The minimum Gasteiger partial charge on any atom is -0.351 e. The van der Waals surface area contributed by atoms with Crippen molar-refractivity contribution in [2.45, 2.75) is 153 Å². The van der Waals surface area contributed by atoms with Crippen LogP contribution in [-0.2, 0) is 0 Å². The summed E-state index contributed by atoms with van der Waals surface area (Å²) in [5.41, 5.74) is 5.59. The van der Waals surface area contributed by atoms with Crippen LogP contribution in [0.25, 0.3) is 0 Å². The standard InChI is InChI=1S/C13H24N2O.C13H22N2/c14-13(16)15(11-7-3-1-4-8-11)12-9-5-2-6-10-12;1-3-7-12(8-4-1)14-11-15-13-9-5-2-6-10-13/h11-12H,1-10H2,(H2,14,16);12-13H,1-10H2. The fraction of sp³-hybridized carbons (Fsp3) is 0.923. The maximum absolute atomic E-state index is 11.6. The van der Waals surface area contributed by atoms with Gasteiger partial charge in [0.2, 0.25) is 0 Å². The van der Waals surface area contributed by atoms with E-state index in [4.69, 9.17) is 5.73 Å². The van der Waals surface area contributed by atoms with Crippen LogP contribution in [0.15, 0.2) is 9.98 Å². The SMILES string of the molecule is C(=NC1CCCCC1)=NC1CCCCC1.NC(=O)N(C1CCCCC1)C1CCCCC1. The number of hydrogen-bond donors (Lipinski definition) is 1. The highest BCUT2D eigenvalue weighted by atomic mass is 16.2. The number of amides is 2. The molecule has 0 aliphatic heterocycles. The van der Waals surface area contributed by atoms with Crippen LogP contribution in [0.2, 0.25) is 0 Å². The van der Waals surface area contributed by atoms with E-state index in [1.807, 2.05) is 4.90 Å². The third kappa shape index (κ3) is 8.60. The second kappa shape index (κ2) is 13.9. The zero-order valence-corrected chi connectivity index (χ0v) is 19.8. The number of aliphatic imine (C=N–C) groups is 2. The first-order valence-electron chi connectivity index (χ1n) is 13.5. The van der Waals surface area contributed by atoms with Crippen molar-refractivity contribution in [2.24, 2.45) is 15.7 Å². The zero-order chi connectivity index (χ0) is 21.7. The maximum Gasteiger partial charge on any atom is 0.315 e. The number of nitrogens with two attached hydrogens (primary N) is 1. The lowest BCUT2D eigenvalue weighted by molar-refractivity contribution is 0.111. The van der Waals surface area contributed by atoms with Crippen LogP contribution in [-0.4, -0.2) is 41.1 Å². The molecule has 176 valence electrons. The summed E-state index contributed by atoms with van der Waals surface area (Å²) in [5, 5.41) is 0. The summed E-state index contributed by atoms with van der Waals surface area (Å²) in [5.74, 6) is 0. The average molecular weight is 431 g/mol. The van der Waals surface area contributed by atoms with Gasteiger partial charge in [0.05, 0.1) is 18.1 Å². The lowest BCUT2D eigenvalue weighted by Gasteiger charge is -2.40. The highest BCUT2D eigenvalue weighted by Gasteiger charge is 2.30. The van der Waals surface area contributed by atoms with E-state index in [0.29, 0.717) is 24.2 Å². The van der Waals surface area contributed by atoms with E-state index >= 15 is 0 Å². The summed E-state index contributed by atoms with van der Waals surface area (Å²) in [6, 6.07) is 4.74. The fourth-order valence-corrected chi connectivity index (χ4v) is 5.99. The van der Waals surface area contributed by atoms with Crippen LogP contribution in [0.5, 0.6) is 0 Å². The molecule has 0 saturated heterocycles. The third-order valence-corrected chi connectivity index (χ3v) is 7.82. The molecule has 4 aliphatic rings. The average Bonchev–Trinajstić information content (AvgIpc) is 2.82. The second-order valence-corrected chi connectivity index (χ2v) is 10.3. The molecule has 2 amide bonds. The summed E-state index contributed by atoms with van der Waals surface area (Å²) < 4.78 is 0. The lowest BCUT2D eigenvalue weighted by atomic mass is 9.89. The minimum atomic E-state index is -0.182. The van der Waals surface area contributed by atoms with E-state index in [-0.39, 0.29) is 6.03 Å². The molecule has 4 aliphatic carbocycles. The number of hydrogen-bond acceptors (Lipinski definition) is 3. The van der Waals surface area contributed by atoms with Gasteiger partial charge in [-0.25, -0.2) is 14.8 Å². The molecular weight excluding hydrogens is 384 g/mol. The largest absolute Gasteiger partial charge is 0.351 e. The van der Waals surface area contributed by atoms with Gasteiger partial charge in [-0.3, -0.25) is 0 Å². The summed E-state index contributed by atoms with van der Waals surface area (Å²) >= 11 is 0. The van der Waals surface area contributed by atoms with Gasteiger partial charge in [0.1, 0.15) is 0 Å². The molecule has 0 bridgehead atoms. The Balaban J connectivity index is 0.000000176. The monoisotopic (exact) mass is 430 g/mol. The van der Waals surface area contributed by atoms with Gasteiger partial charge >= 0.3 is 6.03 Å². The van der Waals surface area contributed by atoms with Gasteiger partial charge in [0.25, 0.3) is 0 Å². The molecule has 2 N–H and O–H groups in total. The first kappa shape index (κ1) is 24.3. The van der Waals surface area contributed by atoms with Crippen LogP contribution in [0.4, 0.5) is 4.79 Å². The van der Waals surface area contributed by atoms with Crippen LogP contribution in [0.3, 0.4) is 0 Å². The van der Waals surface area contributed by atoms with Gasteiger partial charge < -0.3 is 10.6 Å². The van der Waals surface area contributed by atoms with Crippen molar-refractivity contribution < 1.29 is 4.79 Å². The van der Waals surface area contributed by atoms with Crippen molar-refractivity contribution >= 4 is 12.0 Å². The van der Waals surface area contributed by atoms with Gasteiger partial charge in [0, 0.05) is 12.1 Å². The molecule has 31 heavy (non-hydrogen) atoms. The van der Waals surface area contributed by atoms with E-state index < -0.39 is 0 Å². The highest BCUT2D eigenvalue weighted by Crippen LogP contribution is 2.29. The van der Waals surface area contributed by atoms with Crippen molar-refractivity contribution in [1.29, 1.82) is 0 Å². The quantitative estimate of drug-likeness (QED) is 0.486. The smallest absolute Gasteiger partial charge is 0.315 e. The Morgan fingerprint density at radius 2 is 0.903 bits per heavy atom. The van der Waals surface area contributed by atoms with E-state index in [1.54, 1.807) is 0 Å². The van der Waals surface area contributed by atoms with Crippen molar-refractivity contribution in [3.8, 4) is 0 Å². The predicted octanol–water partition coefficient (Wildman–Crippen LogP) is 6.86. The van der Waals surface area contributed by atoms with E-state index in [9.17, 15) is 4.79 Å². The number of urea groups is 1. The summed E-state index contributed by atoms with van der Waals surface area (Å²) in [4.78, 5) is 22.6. The molecule has 0 aromatic rings. The van der Waals surface area contributed by atoms with E-state index in [1.165, 1.54) is 128 Å². The Hall–Kier alpha value is -1.35. The third-order valence-electron chi connectivity index (χ3n) is 7.82. The Morgan fingerprint density at radius 3 is 1.23 bits per heavy atom. The molecular formula is C26H46N4O. The van der Waals surface area contributed by atoms with Crippen molar-refractivity contribution in [1.82, 2.24) is 4.90 Å². The maximum atomic E-state index is 11.6. The summed E-state index contributed by atoms with van der Waals surface area (Å²) in [7, 11) is 0. The predicted molar refractivity (Wildman–Crippen MR) is 129 cm³/mol. The normalized spacial score (nSPS) is 24.4. The molecule has 4 fully saturated rings. The summed E-state index contributed by atoms with van der Waals surface area (Å²) in [6.07, 6.45) is 25.6. The molecule has 5 nitrogen and oxygen atoms in total. The summed E-state index contributed by atoms with van der Waals surface area (Å²) in [6.45, 7) is 0. The molecule has 0 atom stereocenters. The fourth-order valence-electron chi connectivity index (χ4n) is 5.99. The topological polar surface area (TPSA) is 71.0 Å². The molecule has 0 radical (unpaired) electrons. The molecule has 4 saturated carbocycles. The van der Waals surface area contributed by atoms with Crippen molar-refractivity contribution in [3.63, 3.8) is 0 Å². The van der Waals surface area contributed by atoms with Crippen molar-refractivity contribution in [3.05, 3.63) is 0 Å². The van der Waals surface area contributed by atoms with Crippen LogP contribution >= 0.6 is 0 Å². The molecule has 4 rings (SSSR count). The van der Waals surface area contributed by atoms with Gasteiger partial charge in [-0.15, -0.1) is 0 Å². The number of nitrogens with zero attached hydrogens (tertiary/aromatic N) is 3. The first-order valence-corrected chi connectivity index (χ1v) is 13.5. The van der Waals surface area contributed by atoms with Crippen LogP contribution < -0.4 is 5.73 Å². The zero-order valence-electron chi connectivity index (χ0n) is 19.8. The van der Waals surface area contributed by atoms with Crippen molar-refractivity contribution in [2.75, 3.05) is 0 Å². The molecule has 0 aromatic heterocycles. The van der Waals surface area contributed by atoms with E-state index in [0.717, 1.165) is 0 Å². The van der Waals surface area contributed by atoms with Gasteiger partial charge in [-0.1, -0.05) is 77.0 Å². The Labute approximate surface area is 190 Å². The van der Waals surface area contributed by atoms with Gasteiger partial charge in [0.15, 0.2) is 0 Å². The Kier molecular flexibility index (Phi) is 10.9. The molecule has 5 heteroatoms. The van der Waals surface area contributed by atoms with Crippen LogP contribution in [0.1, 0.15) is 128 Å². The van der Waals surface area contributed by atoms with Gasteiger partial charge in [-0.2, -0.15) is 0 Å². The van der Waals surface area contributed by atoms with Crippen LogP contribution in [0, 0.1) is 0 Å². The number of carbonyl (C=O) groups excluding carboxylic acids is 1. The molecule has 0 unspecified atom stereocenters. The first-order chi connectivity index (χ1) is 15.2. The lowest BCUT2D eigenvalue weighted by Crippen LogP contribution is -2.51. The number of rotatable bonds is 4. The Bertz CT molecular complexity index is 522. The minimum absolute atomic E-state index is 0.182. The second-order valence-electron chi connectivity index (χ2n) is 10.3. The molecule has 0 spiro atoms. The molecule has 0 aromatic carbocycles. The molecule has 0 heterocycles.